The van der Waals surface area contributed by atoms with Gasteiger partial charge in [0.1, 0.15) is 6.04 Å². The van der Waals surface area contributed by atoms with Crippen molar-refractivity contribution in [2.45, 2.75) is 38.3 Å². The van der Waals surface area contributed by atoms with E-state index in [0.29, 0.717) is 17.4 Å². The summed E-state index contributed by atoms with van der Waals surface area (Å²) in [5.41, 5.74) is 9.37. The minimum atomic E-state index is -0.281. The van der Waals surface area contributed by atoms with Gasteiger partial charge in [-0.05, 0) is 47.7 Å². The molecule has 0 bridgehead atoms. The number of carbonyl (C=O) groups is 1. The molecule has 1 aliphatic rings. The van der Waals surface area contributed by atoms with E-state index in [1.807, 2.05) is 42.5 Å². The van der Waals surface area contributed by atoms with Gasteiger partial charge >= 0.3 is 0 Å². The number of hydrogen-bond acceptors (Lipinski definition) is 3. The van der Waals surface area contributed by atoms with Gasteiger partial charge in [0.15, 0.2) is 0 Å². The molecule has 1 aliphatic heterocycles. The molecular formula is C19H22ClN3O. The van der Waals surface area contributed by atoms with Crippen molar-refractivity contribution in [3.8, 4) is 0 Å². The van der Waals surface area contributed by atoms with Gasteiger partial charge in [-0.15, -0.1) is 0 Å². The second-order valence-electron chi connectivity index (χ2n) is 6.45. The third-order valence-corrected chi connectivity index (χ3v) is 4.53. The predicted octanol–water partition coefficient (Wildman–Crippen LogP) is 4.01. The highest BCUT2D eigenvalue weighted by molar-refractivity contribution is 6.30. The van der Waals surface area contributed by atoms with E-state index in [1.165, 1.54) is 5.56 Å². The summed E-state index contributed by atoms with van der Waals surface area (Å²) in [6, 6.07) is 15.5. The zero-order chi connectivity index (χ0) is 17.1. The third kappa shape index (κ3) is 3.96. The van der Waals surface area contributed by atoms with Crippen molar-refractivity contribution in [1.29, 1.82) is 0 Å². The molecule has 0 saturated carbocycles. The average molecular weight is 344 g/mol. The minimum Gasteiger partial charge on any atom is -0.325 e. The number of anilines is 1. The van der Waals surface area contributed by atoms with Gasteiger partial charge in [0.2, 0.25) is 5.91 Å². The number of carbonyl (C=O) groups excluding carboxylic acids is 1. The zero-order valence-corrected chi connectivity index (χ0v) is 14.6. The summed E-state index contributed by atoms with van der Waals surface area (Å²) in [5, 5.41) is 3.70. The summed E-state index contributed by atoms with van der Waals surface area (Å²) in [4.78, 5) is 12.5. The van der Waals surface area contributed by atoms with Gasteiger partial charge in [0, 0.05) is 16.8 Å². The molecule has 5 heteroatoms. The van der Waals surface area contributed by atoms with Crippen LogP contribution in [0.2, 0.25) is 5.02 Å². The lowest BCUT2D eigenvalue weighted by molar-refractivity contribution is -0.117. The number of benzene rings is 2. The van der Waals surface area contributed by atoms with Crippen molar-refractivity contribution in [3.63, 3.8) is 0 Å². The van der Waals surface area contributed by atoms with E-state index in [1.54, 1.807) is 0 Å². The molecule has 2 atom stereocenters. The Kier molecular flexibility index (Phi) is 5.19. The topological polar surface area (TPSA) is 53.2 Å². The van der Waals surface area contributed by atoms with Crippen molar-refractivity contribution in [1.82, 2.24) is 10.9 Å². The molecule has 4 nitrogen and oxygen atoms in total. The van der Waals surface area contributed by atoms with Gasteiger partial charge in [-0.3, -0.25) is 4.79 Å². The highest BCUT2D eigenvalue weighted by Gasteiger charge is 2.30. The lowest BCUT2D eigenvalue weighted by Crippen LogP contribution is -2.39. The van der Waals surface area contributed by atoms with E-state index >= 15 is 0 Å². The minimum absolute atomic E-state index is 0.0343. The Bertz CT molecular complexity index is 732. The molecule has 0 radical (unpaired) electrons. The summed E-state index contributed by atoms with van der Waals surface area (Å²) in [7, 11) is 0. The maximum absolute atomic E-state index is 12.5. The number of nitrogens with one attached hydrogen (secondary N) is 3. The van der Waals surface area contributed by atoms with Crippen LogP contribution in [0.3, 0.4) is 0 Å². The van der Waals surface area contributed by atoms with Gasteiger partial charge in [-0.25, -0.2) is 10.9 Å². The van der Waals surface area contributed by atoms with Crippen LogP contribution in [-0.4, -0.2) is 11.9 Å². The lowest BCUT2D eigenvalue weighted by atomic mass is 10.0. The molecule has 3 rings (SSSR count). The molecule has 126 valence electrons. The van der Waals surface area contributed by atoms with Crippen LogP contribution >= 0.6 is 11.6 Å². The molecule has 2 aromatic rings. The highest BCUT2D eigenvalue weighted by Crippen LogP contribution is 2.25. The monoisotopic (exact) mass is 343 g/mol. The Morgan fingerprint density at radius 1 is 1.17 bits per heavy atom. The molecule has 1 fully saturated rings. The van der Waals surface area contributed by atoms with Gasteiger partial charge in [0.05, 0.1) is 0 Å². The maximum atomic E-state index is 12.5. The van der Waals surface area contributed by atoms with Gasteiger partial charge < -0.3 is 5.32 Å². The first-order valence-corrected chi connectivity index (χ1v) is 8.58. The summed E-state index contributed by atoms with van der Waals surface area (Å²) < 4.78 is 0. The fraction of sp³-hybridized carbons (Fsp3) is 0.316. The van der Waals surface area contributed by atoms with Crippen LogP contribution in [0, 0.1) is 0 Å². The van der Waals surface area contributed by atoms with E-state index in [2.05, 4.69) is 36.1 Å². The van der Waals surface area contributed by atoms with Crippen LogP contribution in [0.25, 0.3) is 0 Å². The molecule has 0 aromatic heterocycles. The van der Waals surface area contributed by atoms with Crippen molar-refractivity contribution >= 4 is 23.2 Å². The van der Waals surface area contributed by atoms with Crippen LogP contribution in [0.5, 0.6) is 0 Å². The molecule has 1 amide bonds. The normalized spacial score (nSPS) is 20.3. The Labute approximate surface area is 147 Å². The number of halogens is 1. The van der Waals surface area contributed by atoms with Crippen LogP contribution in [0.4, 0.5) is 5.69 Å². The Hall–Kier alpha value is -1.88. The Morgan fingerprint density at radius 2 is 1.96 bits per heavy atom. The number of rotatable bonds is 4. The number of amides is 1. The second kappa shape index (κ2) is 7.34. The molecule has 1 saturated heterocycles. The first-order chi connectivity index (χ1) is 11.5. The Balaban J connectivity index is 1.63. The molecule has 3 N–H and O–H groups in total. The molecule has 0 aliphatic carbocycles. The average Bonchev–Trinajstić information content (AvgIpc) is 3.05. The quantitative estimate of drug-likeness (QED) is 0.786. The summed E-state index contributed by atoms with van der Waals surface area (Å²) in [5.74, 6) is 0.397. The third-order valence-electron chi connectivity index (χ3n) is 4.29. The molecule has 2 aromatic carbocycles. The van der Waals surface area contributed by atoms with Crippen molar-refractivity contribution in [2.75, 3.05) is 5.32 Å². The predicted molar refractivity (Wildman–Crippen MR) is 98.0 cm³/mol. The standard InChI is InChI=1S/C19H22ClN3O/c1-12(2)13-5-4-8-16(10-13)21-19(24)18-11-17(22-23-18)14-6-3-7-15(20)9-14/h3-10,12,17-18,22-23H,11H2,1-2H3,(H,21,24). The van der Waals surface area contributed by atoms with Crippen molar-refractivity contribution < 1.29 is 4.79 Å². The fourth-order valence-electron chi connectivity index (χ4n) is 2.87. The van der Waals surface area contributed by atoms with E-state index in [0.717, 1.165) is 11.3 Å². The van der Waals surface area contributed by atoms with E-state index in [-0.39, 0.29) is 18.0 Å². The first-order valence-electron chi connectivity index (χ1n) is 8.20. The fourth-order valence-corrected chi connectivity index (χ4v) is 3.07. The summed E-state index contributed by atoms with van der Waals surface area (Å²) in [6.45, 7) is 4.28. The van der Waals surface area contributed by atoms with E-state index in [4.69, 9.17) is 11.6 Å². The van der Waals surface area contributed by atoms with Crippen LogP contribution in [0.1, 0.15) is 43.4 Å². The lowest BCUT2D eigenvalue weighted by Gasteiger charge is -2.13. The van der Waals surface area contributed by atoms with E-state index < -0.39 is 0 Å². The molecule has 0 spiro atoms. The maximum Gasteiger partial charge on any atom is 0.242 e. The van der Waals surface area contributed by atoms with E-state index in [9.17, 15) is 4.79 Å². The first kappa shape index (κ1) is 17.0. The highest BCUT2D eigenvalue weighted by atomic mass is 35.5. The smallest absolute Gasteiger partial charge is 0.242 e. The van der Waals surface area contributed by atoms with Crippen LogP contribution in [-0.2, 0) is 4.79 Å². The van der Waals surface area contributed by atoms with Crippen LogP contribution < -0.4 is 16.2 Å². The largest absolute Gasteiger partial charge is 0.325 e. The van der Waals surface area contributed by atoms with Gasteiger partial charge in [-0.2, -0.15) is 0 Å². The summed E-state index contributed by atoms with van der Waals surface area (Å²) in [6.07, 6.45) is 0.677. The molecule has 1 heterocycles. The molecule has 24 heavy (non-hydrogen) atoms. The zero-order valence-electron chi connectivity index (χ0n) is 13.8. The SMILES string of the molecule is CC(C)c1cccc(NC(=O)C2CC(c3cccc(Cl)c3)NN2)c1. The van der Waals surface area contributed by atoms with Crippen LogP contribution in [0.15, 0.2) is 48.5 Å². The number of hydrazine groups is 1. The van der Waals surface area contributed by atoms with Gasteiger partial charge in [0.25, 0.3) is 0 Å². The number of hydrogen-bond donors (Lipinski definition) is 3. The second-order valence-corrected chi connectivity index (χ2v) is 6.89. The van der Waals surface area contributed by atoms with Crippen molar-refractivity contribution in [3.05, 3.63) is 64.7 Å². The molecular weight excluding hydrogens is 322 g/mol. The molecule has 2 unspecified atom stereocenters. The summed E-state index contributed by atoms with van der Waals surface area (Å²) >= 11 is 6.04. The Morgan fingerprint density at radius 3 is 2.71 bits per heavy atom. The van der Waals surface area contributed by atoms with Gasteiger partial charge in [-0.1, -0.05) is 49.7 Å². The van der Waals surface area contributed by atoms with Crippen molar-refractivity contribution in [2.24, 2.45) is 0 Å².